The summed E-state index contributed by atoms with van der Waals surface area (Å²) in [6.07, 6.45) is 1.43. The van der Waals surface area contributed by atoms with Crippen molar-refractivity contribution in [1.29, 1.82) is 0 Å². The second kappa shape index (κ2) is 4.84. The maximum absolute atomic E-state index is 5.01. The first-order chi connectivity index (χ1) is 7.83. The molecule has 0 aliphatic carbocycles. The lowest BCUT2D eigenvalue weighted by atomic mass is 10.4. The van der Waals surface area contributed by atoms with Crippen LogP contribution in [0.1, 0.15) is 6.92 Å². The Morgan fingerprint density at radius 3 is 3.06 bits per heavy atom. The highest BCUT2D eigenvalue weighted by molar-refractivity contribution is 7.09. The topological polar surface area (TPSA) is 72.8 Å². The van der Waals surface area contributed by atoms with Gasteiger partial charge in [0.1, 0.15) is 12.0 Å². The second-order valence-electron chi connectivity index (χ2n) is 2.90. The van der Waals surface area contributed by atoms with E-state index in [1.54, 1.807) is 13.2 Å². The van der Waals surface area contributed by atoms with E-state index >= 15 is 0 Å². The van der Waals surface area contributed by atoms with Crippen molar-refractivity contribution in [2.45, 2.75) is 6.92 Å². The number of hydrogen-bond donors (Lipinski definition) is 1. The van der Waals surface area contributed by atoms with E-state index in [-0.39, 0.29) is 0 Å². The Morgan fingerprint density at radius 2 is 2.31 bits per heavy atom. The summed E-state index contributed by atoms with van der Waals surface area (Å²) in [5, 5.41) is 3.88. The number of nitrogens with one attached hydrogen (secondary N) is 1. The first-order valence-electron chi connectivity index (χ1n) is 4.77. The van der Waals surface area contributed by atoms with Crippen LogP contribution in [0.25, 0.3) is 11.5 Å². The lowest BCUT2D eigenvalue weighted by molar-refractivity contribution is 0.397. The molecule has 0 atom stereocenters. The molecular weight excluding hydrogens is 226 g/mol. The van der Waals surface area contributed by atoms with Crippen molar-refractivity contribution in [3.8, 4) is 17.4 Å². The molecule has 2 aromatic heterocycles. The summed E-state index contributed by atoms with van der Waals surface area (Å²) in [6.45, 7) is 2.83. The number of nitrogens with zero attached hydrogens (tertiary/aromatic N) is 4. The third kappa shape index (κ3) is 2.25. The molecule has 0 amide bonds. The molecule has 2 aromatic rings. The maximum atomic E-state index is 5.01. The molecule has 0 saturated carbocycles. The Kier molecular flexibility index (Phi) is 3.25. The van der Waals surface area contributed by atoms with Crippen LogP contribution in [-0.2, 0) is 0 Å². The average molecular weight is 237 g/mol. The molecule has 0 aromatic carbocycles. The van der Waals surface area contributed by atoms with Gasteiger partial charge in [0.15, 0.2) is 5.82 Å². The molecule has 1 N–H and O–H groups in total. The van der Waals surface area contributed by atoms with E-state index in [9.17, 15) is 0 Å². The molecule has 0 unspecified atom stereocenters. The summed E-state index contributed by atoms with van der Waals surface area (Å²) in [4.78, 5) is 12.3. The van der Waals surface area contributed by atoms with Gasteiger partial charge in [-0.15, -0.1) is 0 Å². The highest BCUT2D eigenvalue weighted by atomic mass is 32.1. The molecule has 0 radical (unpaired) electrons. The fourth-order valence-corrected chi connectivity index (χ4v) is 1.77. The summed E-state index contributed by atoms with van der Waals surface area (Å²) in [5.74, 6) is 1.09. The molecule has 0 bridgehead atoms. The normalized spacial score (nSPS) is 10.1. The molecule has 0 fully saturated rings. The summed E-state index contributed by atoms with van der Waals surface area (Å²) in [5.41, 5.74) is 0.659. The van der Waals surface area contributed by atoms with Crippen LogP contribution >= 0.6 is 11.5 Å². The van der Waals surface area contributed by atoms with Crippen LogP contribution in [0.15, 0.2) is 12.4 Å². The van der Waals surface area contributed by atoms with Gasteiger partial charge in [-0.1, -0.05) is 0 Å². The highest BCUT2D eigenvalue weighted by Crippen LogP contribution is 2.20. The van der Waals surface area contributed by atoms with Gasteiger partial charge in [-0.25, -0.2) is 9.97 Å². The first kappa shape index (κ1) is 10.7. The molecule has 6 nitrogen and oxygen atoms in total. The van der Waals surface area contributed by atoms with Gasteiger partial charge < -0.3 is 10.1 Å². The van der Waals surface area contributed by atoms with Gasteiger partial charge in [-0.2, -0.15) is 9.36 Å². The Bertz CT molecular complexity index is 472. The molecule has 2 rings (SSSR count). The number of aromatic nitrogens is 4. The van der Waals surface area contributed by atoms with Gasteiger partial charge in [0.05, 0.1) is 7.11 Å². The number of hydrogen-bond acceptors (Lipinski definition) is 7. The minimum Gasteiger partial charge on any atom is -0.481 e. The molecular formula is C9H11N5OS. The Balaban J connectivity index is 2.27. The van der Waals surface area contributed by atoms with Gasteiger partial charge in [0.25, 0.3) is 0 Å². The number of rotatable bonds is 4. The smallest absolute Gasteiger partial charge is 0.216 e. The average Bonchev–Trinajstić information content (AvgIpc) is 2.78. The van der Waals surface area contributed by atoms with Crippen LogP contribution in [0.3, 0.4) is 0 Å². The standard InChI is InChI=1S/C9H11N5OS/c1-3-10-9-13-8(14-16-9)6-4-7(15-2)12-5-11-6/h4-5H,3H2,1-2H3,(H,10,13,14). The summed E-state index contributed by atoms with van der Waals surface area (Å²) < 4.78 is 9.21. The minimum atomic E-state index is 0.504. The third-order valence-corrected chi connectivity index (χ3v) is 2.51. The van der Waals surface area contributed by atoms with Crippen LogP contribution < -0.4 is 10.1 Å². The van der Waals surface area contributed by atoms with Crippen molar-refractivity contribution in [3.63, 3.8) is 0 Å². The largest absolute Gasteiger partial charge is 0.481 e. The summed E-state index contributed by atoms with van der Waals surface area (Å²) in [7, 11) is 1.56. The van der Waals surface area contributed by atoms with Crippen LogP contribution in [0.2, 0.25) is 0 Å². The zero-order valence-electron chi connectivity index (χ0n) is 8.97. The van der Waals surface area contributed by atoms with Gasteiger partial charge in [-0.05, 0) is 6.92 Å². The molecule has 84 valence electrons. The molecule has 0 aliphatic heterocycles. The van der Waals surface area contributed by atoms with Gasteiger partial charge >= 0.3 is 0 Å². The van der Waals surface area contributed by atoms with Crippen molar-refractivity contribution in [2.24, 2.45) is 0 Å². The predicted molar refractivity (Wildman–Crippen MR) is 61.7 cm³/mol. The summed E-state index contributed by atoms with van der Waals surface area (Å²) >= 11 is 1.31. The number of anilines is 1. The Labute approximate surface area is 96.9 Å². The van der Waals surface area contributed by atoms with Crippen molar-refractivity contribution >= 4 is 16.7 Å². The minimum absolute atomic E-state index is 0.504. The van der Waals surface area contributed by atoms with Crippen LogP contribution in [-0.4, -0.2) is 33.0 Å². The first-order valence-corrected chi connectivity index (χ1v) is 5.54. The van der Waals surface area contributed by atoms with Crippen LogP contribution in [0.4, 0.5) is 5.13 Å². The quantitative estimate of drug-likeness (QED) is 0.867. The zero-order valence-corrected chi connectivity index (χ0v) is 9.78. The monoisotopic (exact) mass is 237 g/mol. The zero-order chi connectivity index (χ0) is 11.4. The van der Waals surface area contributed by atoms with Gasteiger partial charge in [-0.3, -0.25) is 0 Å². The Morgan fingerprint density at radius 1 is 1.44 bits per heavy atom. The summed E-state index contributed by atoms with van der Waals surface area (Å²) in [6, 6.07) is 1.71. The van der Waals surface area contributed by atoms with E-state index in [0.717, 1.165) is 11.7 Å². The molecule has 0 saturated heterocycles. The fraction of sp³-hybridized carbons (Fsp3) is 0.333. The van der Waals surface area contributed by atoms with E-state index < -0.39 is 0 Å². The van der Waals surface area contributed by atoms with Crippen molar-refractivity contribution < 1.29 is 4.74 Å². The lowest BCUT2D eigenvalue weighted by Gasteiger charge is -1.98. The fourth-order valence-electron chi connectivity index (χ4n) is 1.12. The van der Waals surface area contributed by atoms with Crippen LogP contribution in [0.5, 0.6) is 5.88 Å². The molecule has 16 heavy (non-hydrogen) atoms. The highest BCUT2D eigenvalue weighted by Gasteiger charge is 2.08. The van der Waals surface area contributed by atoms with Gasteiger partial charge in [0.2, 0.25) is 11.0 Å². The predicted octanol–water partition coefficient (Wildman–Crippen LogP) is 1.44. The lowest BCUT2D eigenvalue weighted by Crippen LogP contribution is -1.95. The number of methoxy groups -OCH3 is 1. The van der Waals surface area contributed by atoms with E-state index in [4.69, 9.17) is 4.74 Å². The molecule has 0 spiro atoms. The van der Waals surface area contributed by atoms with E-state index in [1.165, 1.54) is 17.9 Å². The van der Waals surface area contributed by atoms with Gasteiger partial charge in [0, 0.05) is 24.1 Å². The van der Waals surface area contributed by atoms with Crippen LogP contribution in [0, 0.1) is 0 Å². The maximum Gasteiger partial charge on any atom is 0.216 e. The molecule has 7 heteroatoms. The SMILES string of the molecule is CCNc1nc(-c2cc(OC)ncn2)ns1. The third-order valence-electron chi connectivity index (χ3n) is 1.83. The van der Waals surface area contributed by atoms with Crippen molar-refractivity contribution in [1.82, 2.24) is 19.3 Å². The van der Waals surface area contributed by atoms with E-state index in [1.807, 2.05) is 6.92 Å². The molecule has 0 aliphatic rings. The van der Waals surface area contributed by atoms with E-state index in [0.29, 0.717) is 17.4 Å². The van der Waals surface area contributed by atoms with Crippen molar-refractivity contribution in [3.05, 3.63) is 12.4 Å². The molecule has 2 heterocycles. The Hall–Kier alpha value is -1.76. The number of ether oxygens (including phenoxy) is 1. The second-order valence-corrected chi connectivity index (χ2v) is 3.65. The van der Waals surface area contributed by atoms with Crippen molar-refractivity contribution in [2.75, 3.05) is 19.0 Å². The van der Waals surface area contributed by atoms with E-state index in [2.05, 4.69) is 24.6 Å².